The van der Waals surface area contributed by atoms with Crippen molar-refractivity contribution < 1.29 is 9.59 Å². The Morgan fingerprint density at radius 3 is 2.29 bits per heavy atom. The van der Waals surface area contributed by atoms with Crippen LogP contribution in [0.2, 0.25) is 0 Å². The molecule has 0 spiro atoms. The monoisotopic (exact) mass is 555 g/mol. The van der Waals surface area contributed by atoms with E-state index in [1.54, 1.807) is 4.68 Å². The van der Waals surface area contributed by atoms with E-state index in [0.717, 1.165) is 55.8 Å². The van der Waals surface area contributed by atoms with Crippen molar-refractivity contribution in [3.05, 3.63) is 71.4 Å². The molecule has 2 fully saturated rings. The predicted molar refractivity (Wildman–Crippen MR) is 166 cm³/mol. The first-order valence-corrected chi connectivity index (χ1v) is 15.3. The van der Waals surface area contributed by atoms with Gasteiger partial charge in [0.15, 0.2) is 0 Å². The van der Waals surface area contributed by atoms with E-state index >= 15 is 0 Å². The fraction of sp³-hybridized carbons (Fsp3) is 0.500. The number of likely N-dealkylation sites (tertiary alicyclic amines) is 1. The first-order chi connectivity index (χ1) is 19.6. The molecule has 7 heteroatoms. The second kappa shape index (κ2) is 12.5. The molecule has 1 aliphatic carbocycles. The number of hydrogen-bond donors (Lipinski definition) is 2. The van der Waals surface area contributed by atoms with Gasteiger partial charge in [-0.05, 0) is 80.7 Å². The van der Waals surface area contributed by atoms with Crippen molar-refractivity contribution in [3.63, 3.8) is 0 Å². The van der Waals surface area contributed by atoms with Gasteiger partial charge in [0.1, 0.15) is 5.82 Å². The molecule has 41 heavy (non-hydrogen) atoms. The van der Waals surface area contributed by atoms with Gasteiger partial charge in [0, 0.05) is 36.7 Å². The van der Waals surface area contributed by atoms with E-state index < -0.39 is 0 Å². The average molecular weight is 556 g/mol. The van der Waals surface area contributed by atoms with Crippen molar-refractivity contribution in [3.8, 4) is 5.69 Å². The zero-order chi connectivity index (χ0) is 29.0. The number of nitrogens with one attached hydrogen (secondary N) is 2. The first-order valence-electron chi connectivity index (χ1n) is 15.3. The van der Waals surface area contributed by atoms with E-state index in [-0.39, 0.29) is 11.4 Å². The molecule has 5 rings (SSSR count). The van der Waals surface area contributed by atoms with Crippen LogP contribution in [0.3, 0.4) is 0 Å². The molecule has 0 radical (unpaired) electrons. The number of nitrogens with zero attached hydrogens (tertiary/aromatic N) is 3. The van der Waals surface area contributed by atoms with E-state index in [2.05, 4.69) is 55.4 Å². The van der Waals surface area contributed by atoms with Gasteiger partial charge in [-0.2, -0.15) is 5.10 Å². The number of rotatable bonds is 7. The minimum atomic E-state index is -0.301. The Morgan fingerprint density at radius 2 is 1.61 bits per heavy atom. The van der Waals surface area contributed by atoms with E-state index in [9.17, 15) is 9.59 Å². The summed E-state index contributed by atoms with van der Waals surface area (Å²) in [5.74, 6) is 2.14. The molecule has 3 aromatic rings. The van der Waals surface area contributed by atoms with Crippen molar-refractivity contribution in [1.82, 2.24) is 14.7 Å². The maximum absolute atomic E-state index is 13.1. The molecule has 3 amide bonds. The minimum Gasteiger partial charge on any atom is -0.343 e. The van der Waals surface area contributed by atoms with Gasteiger partial charge in [-0.25, -0.2) is 9.48 Å². The van der Waals surface area contributed by atoms with Gasteiger partial charge < -0.3 is 10.2 Å². The molecular weight excluding hydrogens is 510 g/mol. The zero-order valence-electron chi connectivity index (χ0n) is 25.1. The molecule has 1 aromatic heterocycles. The van der Waals surface area contributed by atoms with E-state index in [1.165, 1.54) is 36.8 Å². The Balaban J connectivity index is 1.18. The third kappa shape index (κ3) is 7.57. The molecule has 2 heterocycles. The standard InChI is InChI=1S/C34H45N5O2/c1-24-12-14-29(15-13-24)39-31(23-30(37-39)34(2,3)4)36-33(41)35-28-11-7-10-27(21-28)20-26-16-18-38(19-17-26)32(40)22-25-8-5-6-9-25/h7,10-15,21,23,25-26H,5-6,8-9,16-20,22H2,1-4H3,(H2,35,36,41). The Labute approximate surface area is 244 Å². The Bertz CT molecular complexity index is 1340. The summed E-state index contributed by atoms with van der Waals surface area (Å²) in [5.41, 5.74) is 4.79. The van der Waals surface area contributed by atoms with Crippen molar-refractivity contribution in [2.75, 3.05) is 23.7 Å². The normalized spacial score (nSPS) is 16.6. The highest BCUT2D eigenvalue weighted by molar-refractivity contribution is 5.99. The number of aromatic nitrogens is 2. The molecular formula is C34H45N5O2. The summed E-state index contributed by atoms with van der Waals surface area (Å²) in [6, 6.07) is 17.9. The molecule has 0 bridgehead atoms. The third-order valence-corrected chi connectivity index (χ3v) is 8.61. The predicted octanol–water partition coefficient (Wildman–Crippen LogP) is 7.48. The summed E-state index contributed by atoms with van der Waals surface area (Å²) in [7, 11) is 0. The van der Waals surface area contributed by atoms with Gasteiger partial charge >= 0.3 is 6.03 Å². The van der Waals surface area contributed by atoms with Gasteiger partial charge in [0.05, 0.1) is 11.4 Å². The van der Waals surface area contributed by atoms with E-state index in [1.807, 2.05) is 42.5 Å². The summed E-state index contributed by atoms with van der Waals surface area (Å²) in [4.78, 5) is 27.9. The van der Waals surface area contributed by atoms with Gasteiger partial charge in [0.2, 0.25) is 5.91 Å². The van der Waals surface area contributed by atoms with Crippen LogP contribution in [0.25, 0.3) is 5.69 Å². The lowest BCUT2D eigenvalue weighted by Gasteiger charge is -2.33. The number of carbonyl (C=O) groups excluding carboxylic acids is 2. The van der Waals surface area contributed by atoms with Crippen molar-refractivity contribution in [2.45, 2.75) is 84.5 Å². The second-order valence-corrected chi connectivity index (χ2v) is 13.1. The van der Waals surface area contributed by atoms with Crippen LogP contribution in [0.5, 0.6) is 0 Å². The number of hydrogen-bond acceptors (Lipinski definition) is 3. The van der Waals surface area contributed by atoms with Gasteiger partial charge in [-0.1, -0.05) is 63.4 Å². The largest absolute Gasteiger partial charge is 0.343 e. The van der Waals surface area contributed by atoms with Crippen LogP contribution in [0.15, 0.2) is 54.6 Å². The smallest absolute Gasteiger partial charge is 0.324 e. The topological polar surface area (TPSA) is 79.3 Å². The molecule has 0 atom stereocenters. The number of urea groups is 1. The van der Waals surface area contributed by atoms with Crippen molar-refractivity contribution in [2.24, 2.45) is 11.8 Å². The van der Waals surface area contributed by atoms with Crippen LogP contribution in [0.1, 0.15) is 82.5 Å². The van der Waals surface area contributed by atoms with Gasteiger partial charge in [0.25, 0.3) is 0 Å². The lowest BCUT2D eigenvalue weighted by atomic mass is 9.89. The van der Waals surface area contributed by atoms with Crippen LogP contribution >= 0.6 is 0 Å². The Hall–Kier alpha value is -3.61. The first kappa shape index (κ1) is 28.9. The van der Waals surface area contributed by atoms with Crippen molar-refractivity contribution >= 4 is 23.4 Å². The summed E-state index contributed by atoms with van der Waals surface area (Å²) in [5, 5.41) is 10.8. The van der Waals surface area contributed by atoms with Crippen LogP contribution in [0.4, 0.5) is 16.3 Å². The highest BCUT2D eigenvalue weighted by Crippen LogP contribution is 2.30. The summed E-state index contributed by atoms with van der Waals surface area (Å²) < 4.78 is 1.79. The lowest BCUT2D eigenvalue weighted by molar-refractivity contribution is -0.133. The van der Waals surface area contributed by atoms with Gasteiger partial charge in [-0.15, -0.1) is 0 Å². The SMILES string of the molecule is Cc1ccc(-n2nc(C(C)(C)C)cc2NC(=O)Nc2cccc(CC3CCN(C(=O)CC4CCCC4)CC3)c2)cc1. The summed E-state index contributed by atoms with van der Waals surface area (Å²) in [6.45, 7) is 10.1. The Kier molecular flexibility index (Phi) is 8.81. The number of carbonyl (C=O) groups is 2. The number of anilines is 2. The molecule has 218 valence electrons. The maximum atomic E-state index is 13.1. The molecule has 1 saturated carbocycles. The minimum absolute atomic E-state index is 0.156. The third-order valence-electron chi connectivity index (χ3n) is 8.61. The number of aryl methyl sites for hydroxylation is 1. The average Bonchev–Trinajstić information content (AvgIpc) is 3.60. The highest BCUT2D eigenvalue weighted by Gasteiger charge is 2.26. The Morgan fingerprint density at radius 1 is 0.902 bits per heavy atom. The maximum Gasteiger partial charge on any atom is 0.324 e. The highest BCUT2D eigenvalue weighted by atomic mass is 16.2. The summed E-state index contributed by atoms with van der Waals surface area (Å²) >= 11 is 0. The van der Waals surface area contributed by atoms with Crippen LogP contribution < -0.4 is 10.6 Å². The molecule has 0 unspecified atom stereocenters. The van der Waals surface area contributed by atoms with E-state index in [4.69, 9.17) is 5.10 Å². The van der Waals surface area contributed by atoms with Crippen LogP contribution in [-0.2, 0) is 16.6 Å². The van der Waals surface area contributed by atoms with E-state index in [0.29, 0.717) is 23.6 Å². The molecule has 7 nitrogen and oxygen atoms in total. The van der Waals surface area contributed by atoms with Crippen LogP contribution in [0, 0.1) is 18.8 Å². The van der Waals surface area contributed by atoms with Crippen molar-refractivity contribution in [1.29, 1.82) is 0 Å². The summed E-state index contributed by atoms with van der Waals surface area (Å²) in [6.07, 6.45) is 8.78. The second-order valence-electron chi connectivity index (χ2n) is 13.1. The molecule has 2 aliphatic rings. The quantitative estimate of drug-likeness (QED) is 0.317. The molecule has 1 aliphatic heterocycles. The fourth-order valence-corrected chi connectivity index (χ4v) is 6.08. The number of piperidine rings is 1. The van der Waals surface area contributed by atoms with Crippen LogP contribution in [-0.4, -0.2) is 39.7 Å². The lowest BCUT2D eigenvalue weighted by Crippen LogP contribution is -2.39. The molecule has 2 N–H and O–H groups in total. The molecule has 1 saturated heterocycles. The number of amides is 3. The molecule has 2 aromatic carbocycles. The fourth-order valence-electron chi connectivity index (χ4n) is 6.08. The number of benzene rings is 2. The zero-order valence-corrected chi connectivity index (χ0v) is 25.1. The van der Waals surface area contributed by atoms with Gasteiger partial charge in [-0.3, -0.25) is 10.1 Å².